The average molecular weight is 220 g/mol. The van der Waals surface area contributed by atoms with Crippen molar-refractivity contribution in [2.75, 3.05) is 0 Å². The molecule has 3 N–H and O–H groups in total. The fraction of sp³-hybridized carbons (Fsp3) is 0.222. The molecule has 1 rings (SSSR count). The lowest BCUT2D eigenvalue weighted by molar-refractivity contribution is 0.0692. The highest BCUT2D eigenvalue weighted by molar-refractivity contribution is 5.87. The summed E-state index contributed by atoms with van der Waals surface area (Å²) >= 11 is 0. The molecule has 0 amide bonds. The van der Waals surface area contributed by atoms with E-state index in [1.165, 1.54) is 12.1 Å². The molecule has 0 heterocycles. The van der Waals surface area contributed by atoms with Gasteiger partial charge in [0, 0.05) is 6.04 Å². The number of rotatable bonds is 2. The molecule has 14 heavy (non-hydrogen) atoms. The lowest BCUT2D eigenvalue weighted by atomic mass is 10.1. The largest absolute Gasteiger partial charge is 0.478 e. The van der Waals surface area contributed by atoms with E-state index in [0.717, 1.165) is 6.07 Å². The number of benzene rings is 1. The van der Waals surface area contributed by atoms with Crippen LogP contribution in [0.2, 0.25) is 0 Å². The summed E-state index contributed by atoms with van der Waals surface area (Å²) in [5.74, 6) is -2.02. The Morgan fingerprint density at radius 2 is 2.14 bits per heavy atom. The Bertz CT molecular complexity index is 342. The normalized spacial score (nSPS) is 11.6. The molecule has 0 fully saturated rings. The molecule has 1 aromatic rings. The minimum atomic E-state index is -1.27. The van der Waals surface area contributed by atoms with Gasteiger partial charge in [-0.25, -0.2) is 9.18 Å². The Kier molecular flexibility index (Phi) is 4.53. The summed E-state index contributed by atoms with van der Waals surface area (Å²) in [4.78, 5) is 10.4. The van der Waals surface area contributed by atoms with Crippen LogP contribution in [0, 0.1) is 5.82 Å². The van der Waals surface area contributed by atoms with E-state index >= 15 is 0 Å². The van der Waals surface area contributed by atoms with Crippen molar-refractivity contribution in [2.45, 2.75) is 13.0 Å². The Labute approximate surface area is 87.1 Å². The molecular formula is C9H11ClFNO2. The standard InChI is InChI=1S/C9H10FNO2.ClH/c1-5(11)6-2-3-7(9(12)13)8(10)4-6;/h2-5H,11H2,1H3,(H,12,13);1H/t5-;/m1./s1. The smallest absolute Gasteiger partial charge is 0.338 e. The second kappa shape index (κ2) is 4.93. The van der Waals surface area contributed by atoms with E-state index in [1.807, 2.05) is 0 Å². The number of nitrogens with two attached hydrogens (primary N) is 1. The van der Waals surface area contributed by atoms with Crippen LogP contribution in [0.3, 0.4) is 0 Å². The van der Waals surface area contributed by atoms with Gasteiger partial charge >= 0.3 is 5.97 Å². The first-order chi connectivity index (χ1) is 6.02. The van der Waals surface area contributed by atoms with E-state index in [2.05, 4.69) is 0 Å². The predicted octanol–water partition coefficient (Wildman–Crippen LogP) is 1.97. The van der Waals surface area contributed by atoms with Gasteiger partial charge in [0.05, 0.1) is 5.56 Å². The van der Waals surface area contributed by atoms with Crippen molar-refractivity contribution in [3.63, 3.8) is 0 Å². The quantitative estimate of drug-likeness (QED) is 0.799. The zero-order chi connectivity index (χ0) is 10.0. The first kappa shape index (κ1) is 12.9. The van der Waals surface area contributed by atoms with E-state index in [9.17, 15) is 9.18 Å². The van der Waals surface area contributed by atoms with Crippen molar-refractivity contribution in [3.8, 4) is 0 Å². The van der Waals surface area contributed by atoms with Gasteiger partial charge in [0.15, 0.2) is 0 Å². The van der Waals surface area contributed by atoms with Gasteiger partial charge in [0.2, 0.25) is 0 Å². The summed E-state index contributed by atoms with van der Waals surface area (Å²) in [6, 6.07) is 3.58. The zero-order valence-electron chi connectivity index (χ0n) is 7.53. The number of carboxylic acid groups (broad SMARTS) is 1. The molecule has 5 heteroatoms. The summed E-state index contributed by atoms with van der Waals surface area (Å²) in [5.41, 5.74) is 5.75. The molecule has 0 saturated carbocycles. The maximum absolute atomic E-state index is 13.0. The monoisotopic (exact) mass is 219 g/mol. The van der Waals surface area contributed by atoms with Gasteiger partial charge in [-0.3, -0.25) is 0 Å². The number of halogens is 2. The Morgan fingerprint density at radius 1 is 1.57 bits per heavy atom. The SMILES string of the molecule is C[C@@H](N)c1ccc(C(=O)O)c(F)c1.Cl. The molecule has 0 unspecified atom stereocenters. The van der Waals surface area contributed by atoms with Crippen LogP contribution in [-0.4, -0.2) is 11.1 Å². The highest BCUT2D eigenvalue weighted by Gasteiger charge is 2.11. The number of hydrogen-bond donors (Lipinski definition) is 2. The summed E-state index contributed by atoms with van der Waals surface area (Å²) in [6.45, 7) is 1.70. The van der Waals surface area contributed by atoms with E-state index in [-0.39, 0.29) is 24.0 Å². The van der Waals surface area contributed by atoms with Crippen LogP contribution in [0.4, 0.5) is 4.39 Å². The second-order valence-corrected chi connectivity index (χ2v) is 2.83. The van der Waals surface area contributed by atoms with Crippen LogP contribution in [0.5, 0.6) is 0 Å². The Morgan fingerprint density at radius 3 is 2.50 bits per heavy atom. The van der Waals surface area contributed by atoms with E-state index < -0.39 is 11.8 Å². The molecule has 1 atom stereocenters. The molecule has 3 nitrogen and oxygen atoms in total. The molecule has 0 aliphatic heterocycles. The number of hydrogen-bond acceptors (Lipinski definition) is 2. The van der Waals surface area contributed by atoms with Crippen LogP contribution in [-0.2, 0) is 0 Å². The van der Waals surface area contributed by atoms with Gasteiger partial charge in [-0.15, -0.1) is 12.4 Å². The molecule has 0 aliphatic rings. The lowest BCUT2D eigenvalue weighted by Gasteiger charge is -2.06. The number of aromatic carboxylic acids is 1. The van der Waals surface area contributed by atoms with Crippen LogP contribution < -0.4 is 5.73 Å². The van der Waals surface area contributed by atoms with Gasteiger partial charge in [0.25, 0.3) is 0 Å². The first-order valence-electron chi connectivity index (χ1n) is 3.80. The van der Waals surface area contributed by atoms with Gasteiger partial charge in [-0.2, -0.15) is 0 Å². The molecule has 0 spiro atoms. The number of carboxylic acids is 1. The highest BCUT2D eigenvalue weighted by atomic mass is 35.5. The fourth-order valence-electron chi connectivity index (χ4n) is 0.988. The Hall–Kier alpha value is -1.13. The van der Waals surface area contributed by atoms with Crippen molar-refractivity contribution in [1.82, 2.24) is 0 Å². The summed E-state index contributed by atoms with van der Waals surface area (Å²) in [5, 5.41) is 8.52. The minimum Gasteiger partial charge on any atom is -0.478 e. The predicted molar refractivity (Wildman–Crippen MR) is 53.2 cm³/mol. The minimum absolute atomic E-state index is 0. The molecule has 0 bridgehead atoms. The maximum atomic E-state index is 13.0. The molecule has 0 aromatic heterocycles. The molecular weight excluding hydrogens is 209 g/mol. The van der Waals surface area contributed by atoms with Crippen molar-refractivity contribution in [2.24, 2.45) is 5.73 Å². The summed E-state index contributed by atoms with van der Waals surface area (Å²) in [7, 11) is 0. The fourth-order valence-corrected chi connectivity index (χ4v) is 0.988. The lowest BCUT2D eigenvalue weighted by Crippen LogP contribution is -2.07. The van der Waals surface area contributed by atoms with Gasteiger partial charge in [-0.05, 0) is 24.6 Å². The Balaban J connectivity index is 0.00000169. The average Bonchev–Trinajstić information content (AvgIpc) is 2.03. The summed E-state index contributed by atoms with van der Waals surface area (Å²) < 4.78 is 13.0. The zero-order valence-corrected chi connectivity index (χ0v) is 8.34. The van der Waals surface area contributed by atoms with Crippen molar-refractivity contribution >= 4 is 18.4 Å². The summed E-state index contributed by atoms with van der Waals surface area (Å²) in [6.07, 6.45) is 0. The molecule has 0 aliphatic carbocycles. The van der Waals surface area contributed by atoms with Gasteiger partial charge in [-0.1, -0.05) is 6.07 Å². The first-order valence-corrected chi connectivity index (χ1v) is 3.80. The molecule has 0 radical (unpaired) electrons. The molecule has 78 valence electrons. The van der Waals surface area contributed by atoms with Crippen molar-refractivity contribution in [3.05, 3.63) is 35.1 Å². The third-order valence-corrected chi connectivity index (χ3v) is 1.75. The molecule has 0 saturated heterocycles. The van der Waals surface area contributed by atoms with Crippen molar-refractivity contribution < 1.29 is 14.3 Å². The van der Waals surface area contributed by atoms with Crippen LogP contribution in [0.1, 0.15) is 28.9 Å². The van der Waals surface area contributed by atoms with Crippen molar-refractivity contribution in [1.29, 1.82) is 0 Å². The van der Waals surface area contributed by atoms with E-state index in [1.54, 1.807) is 6.92 Å². The topological polar surface area (TPSA) is 63.3 Å². The van der Waals surface area contributed by atoms with Gasteiger partial charge < -0.3 is 10.8 Å². The van der Waals surface area contributed by atoms with Gasteiger partial charge in [0.1, 0.15) is 5.82 Å². The van der Waals surface area contributed by atoms with Crippen LogP contribution >= 0.6 is 12.4 Å². The van der Waals surface area contributed by atoms with E-state index in [0.29, 0.717) is 5.56 Å². The second-order valence-electron chi connectivity index (χ2n) is 2.83. The molecule has 1 aromatic carbocycles. The highest BCUT2D eigenvalue weighted by Crippen LogP contribution is 2.14. The van der Waals surface area contributed by atoms with E-state index in [4.69, 9.17) is 10.8 Å². The third-order valence-electron chi connectivity index (χ3n) is 1.75. The third kappa shape index (κ3) is 2.68. The van der Waals surface area contributed by atoms with Crippen LogP contribution in [0.15, 0.2) is 18.2 Å². The maximum Gasteiger partial charge on any atom is 0.338 e. The number of carbonyl (C=O) groups is 1. The van der Waals surface area contributed by atoms with Crippen LogP contribution in [0.25, 0.3) is 0 Å².